The van der Waals surface area contributed by atoms with Gasteiger partial charge in [-0.05, 0) is 6.08 Å². The minimum Gasteiger partial charge on any atom is -0.383 e. The second kappa shape index (κ2) is 1.45. The van der Waals surface area contributed by atoms with Crippen LogP contribution in [0.2, 0.25) is 0 Å². The summed E-state index contributed by atoms with van der Waals surface area (Å²) in [4.78, 5) is 0. The highest BCUT2D eigenvalue weighted by atomic mass is 16.3. The van der Waals surface area contributed by atoms with E-state index in [0.29, 0.717) is 0 Å². The van der Waals surface area contributed by atoms with E-state index in [0.717, 1.165) is 11.3 Å². The highest BCUT2D eigenvalue weighted by Crippen LogP contribution is 2.24. The normalized spacial score (nSPS) is 22.6. The van der Waals surface area contributed by atoms with E-state index >= 15 is 0 Å². The highest BCUT2D eigenvalue weighted by Gasteiger charge is 2.15. The lowest BCUT2D eigenvalue weighted by Crippen LogP contribution is -1.89. The quantitative estimate of drug-likeness (QED) is 0.525. The van der Waals surface area contributed by atoms with Crippen LogP contribution < -0.4 is 0 Å². The first-order chi connectivity index (χ1) is 4.38. The number of aromatic nitrogens is 2. The molecule has 0 saturated heterocycles. The molecular formula is C6H6N2O. The maximum absolute atomic E-state index is 9.10. The van der Waals surface area contributed by atoms with Crippen molar-refractivity contribution >= 4 is 6.08 Å². The number of H-pyrrole nitrogens is 1. The van der Waals surface area contributed by atoms with Crippen LogP contribution in [0.15, 0.2) is 12.3 Å². The van der Waals surface area contributed by atoms with E-state index in [4.69, 9.17) is 5.11 Å². The summed E-state index contributed by atoms with van der Waals surface area (Å²) in [6.07, 6.45) is 4.84. The third kappa shape index (κ3) is 0.519. The minimum absolute atomic E-state index is 0.494. The zero-order chi connectivity index (χ0) is 6.27. The fraction of sp³-hybridized carbons (Fsp3) is 0.167. The Morgan fingerprint density at radius 3 is 3.33 bits per heavy atom. The van der Waals surface area contributed by atoms with Crippen LogP contribution in [-0.2, 0) is 0 Å². The Hall–Kier alpha value is -1.09. The minimum atomic E-state index is -0.494. The van der Waals surface area contributed by atoms with Crippen LogP contribution in [-0.4, -0.2) is 15.3 Å². The summed E-state index contributed by atoms with van der Waals surface area (Å²) in [5.41, 5.74) is 1.72. The van der Waals surface area contributed by atoms with Crippen molar-refractivity contribution in [2.75, 3.05) is 0 Å². The molecule has 2 N–H and O–H groups in total. The van der Waals surface area contributed by atoms with Crippen LogP contribution in [0.4, 0.5) is 0 Å². The topological polar surface area (TPSA) is 48.9 Å². The zero-order valence-electron chi connectivity index (χ0n) is 4.70. The predicted octanol–water partition coefficient (Wildman–Crippen LogP) is 0.470. The van der Waals surface area contributed by atoms with E-state index in [2.05, 4.69) is 10.2 Å². The van der Waals surface area contributed by atoms with Crippen LogP contribution in [0.5, 0.6) is 0 Å². The molecule has 1 aromatic heterocycles. The Morgan fingerprint density at radius 2 is 2.56 bits per heavy atom. The lowest BCUT2D eigenvalue weighted by atomic mass is 10.3. The van der Waals surface area contributed by atoms with Gasteiger partial charge >= 0.3 is 0 Å². The second-order valence-corrected chi connectivity index (χ2v) is 2.03. The van der Waals surface area contributed by atoms with Gasteiger partial charge < -0.3 is 5.11 Å². The molecule has 2 rings (SSSR count). The Bertz CT molecular complexity index is 251. The van der Waals surface area contributed by atoms with Crippen molar-refractivity contribution in [2.45, 2.75) is 6.10 Å². The van der Waals surface area contributed by atoms with Gasteiger partial charge in [0.25, 0.3) is 0 Å². The average molecular weight is 122 g/mol. The van der Waals surface area contributed by atoms with Crippen LogP contribution in [0.25, 0.3) is 6.08 Å². The Balaban J connectivity index is 2.60. The molecule has 1 aromatic rings. The number of nitrogens with zero attached hydrogens (tertiary/aromatic N) is 1. The average Bonchev–Trinajstić information content (AvgIpc) is 2.35. The molecule has 1 aliphatic rings. The first kappa shape index (κ1) is 4.76. The number of rotatable bonds is 0. The van der Waals surface area contributed by atoms with Gasteiger partial charge in [0, 0.05) is 11.8 Å². The molecule has 9 heavy (non-hydrogen) atoms. The first-order valence-electron chi connectivity index (χ1n) is 2.78. The van der Waals surface area contributed by atoms with E-state index in [1.165, 1.54) is 0 Å². The van der Waals surface area contributed by atoms with Crippen molar-refractivity contribution in [2.24, 2.45) is 0 Å². The van der Waals surface area contributed by atoms with Gasteiger partial charge in [0.15, 0.2) is 0 Å². The second-order valence-electron chi connectivity index (χ2n) is 2.03. The lowest BCUT2D eigenvalue weighted by molar-refractivity contribution is 0.227. The third-order valence-corrected chi connectivity index (χ3v) is 1.44. The summed E-state index contributed by atoms with van der Waals surface area (Å²) in [5.74, 6) is 0. The van der Waals surface area contributed by atoms with Crippen molar-refractivity contribution in [3.05, 3.63) is 23.5 Å². The van der Waals surface area contributed by atoms with Gasteiger partial charge in [0.2, 0.25) is 0 Å². The van der Waals surface area contributed by atoms with Gasteiger partial charge in [-0.2, -0.15) is 5.10 Å². The van der Waals surface area contributed by atoms with Gasteiger partial charge in [0.05, 0.1) is 0 Å². The summed E-state index contributed by atoms with van der Waals surface area (Å²) in [6, 6.07) is 0. The fourth-order valence-electron chi connectivity index (χ4n) is 0.966. The molecule has 0 saturated carbocycles. The summed E-state index contributed by atoms with van der Waals surface area (Å²) >= 11 is 0. The Labute approximate surface area is 52.0 Å². The van der Waals surface area contributed by atoms with Gasteiger partial charge in [0.1, 0.15) is 11.8 Å². The van der Waals surface area contributed by atoms with Crippen LogP contribution >= 0.6 is 0 Å². The molecule has 0 fully saturated rings. The Morgan fingerprint density at radius 1 is 1.67 bits per heavy atom. The number of nitrogens with one attached hydrogen (secondary N) is 1. The number of hydrogen-bond donors (Lipinski definition) is 2. The maximum atomic E-state index is 9.10. The molecule has 1 atom stereocenters. The van der Waals surface area contributed by atoms with Gasteiger partial charge in [-0.3, -0.25) is 5.10 Å². The molecule has 1 heterocycles. The summed E-state index contributed by atoms with van der Waals surface area (Å²) < 4.78 is 0. The zero-order valence-corrected chi connectivity index (χ0v) is 4.70. The van der Waals surface area contributed by atoms with Gasteiger partial charge in [-0.25, -0.2) is 0 Å². The Kier molecular flexibility index (Phi) is 0.765. The molecule has 0 aromatic carbocycles. The van der Waals surface area contributed by atoms with Crippen LogP contribution in [0, 0.1) is 0 Å². The maximum Gasteiger partial charge on any atom is 0.117 e. The number of hydrogen-bond acceptors (Lipinski definition) is 2. The monoisotopic (exact) mass is 122 g/mol. The van der Waals surface area contributed by atoms with E-state index in [1.807, 2.05) is 6.08 Å². The molecule has 0 radical (unpaired) electrons. The van der Waals surface area contributed by atoms with E-state index in [-0.39, 0.29) is 0 Å². The van der Waals surface area contributed by atoms with Crippen molar-refractivity contribution in [1.82, 2.24) is 10.2 Å². The predicted molar refractivity (Wildman–Crippen MR) is 32.6 cm³/mol. The molecule has 0 amide bonds. The third-order valence-electron chi connectivity index (χ3n) is 1.44. The smallest absolute Gasteiger partial charge is 0.117 e. The van der Waals surface area contributed by atoms with Crippen molar-refractivity contribution in [3.8, 4) is 0 Å². The highest BCUT2D eigenvalue weighted by molar-refractivity contribution is 5.58. The summed E-state index contributed by atoms with van der Waals surface area (Å²) in [5, 5.41) is 15.6. The van der Waals surface area contributed by atoms with Crippen molar-refractivity contribution in [3.63, 3.8) is 0 Å². The standard InChI is InChI=1S/C6H6N2O/c9-5-2-1-4-3-7-8-6(4)5/h1-3,5,9H,(H,7,8). The SMILES string of the molecule is OC1C=Cc2c[nH]nc21. The molecule has 0 aliphatic heterocycles. The van der Waals surface area contributed by atoms with Crippen molar-refractivity contribution < 1.29 is 5.11 Å². The first-order valence-corrected chi connectivity index (χ1v) is 2.78. The molecule has 0 spiro atoms. The van der Waals surface area contributed by atoms with Crippen LogP contribution in [0.3, 0.4) is 0 Å². The molecule has 3 nitrogen and oxygen atoms in total. The molecule has 1 unspecified atom stereocenters. The molecule has 0 bridgehead atoms. The van der Waals surface area contributed by atoms with E-state index in [1.54, 1.807) is 12.3 Å². The van der Waals surface area contributed by atoms with E-state index in [9.17, 15) is 0 Å². The van der Waals surface area contributed by atoms with Crippen molar-refractivity contribution in [1.29, 1.82) is 0 Å². The number of aromatic amines is 1. The van der Waals surface area contributed by atoms with Crippen LogP contribution in [0.1, 0.15) is 17.4 Å². The number of aliphatic hydroxyl groups is 1. The summed E-state index contributed by atoms with van der Waals surface area (Å²) in [6.45, 7) is 0. The van der Waals surface area contributed by atoms with Gasteiger partial charge in [-0.15, -0.1) is 0 Å². The number of aliphatic hydroxyl groups excluding tert-OH is 1. The number of fused-ring (bicyclic) bond motifs is 1. The fourth-order valence-corrected chi connectivity index (χ4v) is 0.966. The summed E-state index contributed by atoms with van der Waals surface area (Å²) in [7, 11) is 0. The molecule has 3 heteroatoms. The molecule has 46 valence electrons. The lowest BCUT2D eigenvalue weighted by Gasteiger charge is -1.92. The van der Waals surface area contributed by atoms with E-state index < -0.39 is 6.10 Å². The molecular weight excluding hydrogens is 116 g/mol. The van der Waals surface area contributed by atoms with Gasteiger partial charge in [-0.1, -0.05) is 6.08 Å². The molecule has 1 aliphatic carbocycles. The largest absolute Gasteiger partial charge is 0.383 e.